The van der Waals surface area contributed by atoms with Crippen LogP contribution >= 0.6 is 0 Å². The van der Waals surface area contributed by atoms with E-state index in [2.05, 4.69) is 9.46 Å². The molecule has 0 aliphatic carbocycles. The number of nitrogens with one attached hydrogen (secondary N) is 2. The minimum Gasteiger partial charge on any atom is -0.469 e. The van der Waals surface area contributed by atoms with Gasteiger partial charge in [-0.2, -0.15) is 18.4 Å². The van der Waals surface area contributed by atoms with E-state index in [1.165, 1.54) is 24.3 Å². The van der Waals surface area contributed by atoms with Crippen LogP contribution in [0.2, 0.25) is 0 Å². The minimum absolute atomic E-state index is 0.0303. The van der Waals surface area contributed by atoms with Crippen molar-refractivity contribution in [2.45, 2.75) is 30.5 Å². The van der Waals surface area contributed by atoms with E-state index < -0.39 is 51.4 Å². The van der Waals surface area contributed by atoms with Crippen LogP contribution in [0.3, 0.4) is 0 Å². The molecule has 4 rings (SSSR count). The summed E-state index contributed by atoms with van der Waals surface area (Å²) in [5, 5.41) is 30.0. The number of rotatable bonds is 8. The smallest absolute Gasteiger partial charge is 0.469 e. The molecular formula is C26H22BF3N4O9S. The Morgan fingerprint density at radius 1 is 1.16 bits per heavy atom. The third kappa shape index (κ3) is 8.76. The molecule has 0 radical (unpaired) electrons. The summed E-state index contributed by atoms with van der Waals surface area (Å²) in [6.07, 6.45) is -5.53. The SMILES string of the molecule is COC(=O)Cc1cc(NC(=O)C(F)(F)F)ccc1S(=O)(=O)Nc1ccc2c(c1)B(O)OC2.N#CCc1cccc([N+](=O)[O-])c1. The number of esters is 1. The van der Waals surface area contributed by atoms with Crippen molar-refractivity contribution < 1.29 is 50.5 Å². The van der Waals surface area contributed by atoms with Crippen LogP contribution in [0.15, 0.2) is 65.6 Å². The number of anilines is 2. The molecule has 0 spiro atoms. The standard InChI is InChI=1S/C18H16BF3N2O7S.C8H6N2O2/c1-30-16(25)7-11-6-12(23-17(26)18(20,21)22)4-5-15(11)32(28,29)24-13-3-2-10-9-31-19(27)14(10)8-13;9-5-4-7-2-1-3-8(6-7)10(11)12/h2-6,8,24,27H,7,9H2,1H3,(H,23,26);1-3,6H,4H2. The van der Waals surface area contributed by atoms with Crippen LogP contribution in [0.4, 0.5) is 30.2 Å². The second kappa shape index (κ2) is 14.0. The van der Waals surface area contributed by atoms with Crippen LogP contribution in [-0.4, -0.2) is 50.6 Å². The zero-order chi connectivity index (χ0) is 32.7. The molecule has 0 atom stereocenters. The average Bonchev–Trinajstić information content (AvgIpc) is 3.32. The molecule has 0 fully saturated rings. The fourth-order valence-electron chi connectivity index (χ4n) is 3.85. The number of alkyl halides is 3. The summed E-state index contributed by atoms with van der Waals surface area (Å²) in [7, 11) is -4.47. The van der Waals surface area contributed by atoms with Crippen LogP contribution < -0.4 is 15.5 Å². The van der Waals surface area contributed by atoms with Crippen LogP contribution in [0.25, 0.3) is 0 Å². The van der Waals surface area contributed by atoms with E-state index >= 15 is 0 Å². The van der Waals surface area contributed by atoms with Crippen LogP contribution in [0, 0.1) is 21.4 Å². The van der Waals surface area contributed by atoms with E-state index in [4.69, 9.17) is 9.92 Å². The van der Waals surface area contributed by atoms with Gasteiger partial charge in [0.2, 0.25) is 0 Å². The fourth-order valence-corrected chi connectivity index (χ4v) is 5.12. The number of sulfonamides is 1. The van der Waals surface area contributed by atoms with Gasteiger partial charge in [-0.3, -0.25) is 24.4 Å². The highest BCUT2D eigenvalue weighted by Crippen LogP contribution is 2.26. The maximum absolute atomic E-state index is 12.9. The zero-order valence-corrected chi connectivity index (χ0v) is 23.4. The van der Waals surface area contributed by atoms with Crippen LogP contribution in [0.5, 0.6) is 0 Å². The number of hydrogen-bond acceptors (Lipinski definition) is 10. The Morgan fingerprint density at radius 3 is 2.50 bits per heavy atom. The summed E-state index contributed by atoms with van der Waals surface area (Å²) in [6.45, 7) is 0.165. The van der Waals surface area contributed by atoms with Crippen LogP contribution in [0.1, 0.15) is 16.7 Å². The number of ether oxygens (including phenoxy) is 1. The van der Waals surface area contributed by atoms with Crippen molar-refractivity contribution in [3.63, 3.8) is 0 Å². The number of hydrogen-bond donors (Lipinski definition) is 3. The first-order chi connectivity index (χ1) is 20.6. The van der Waals surface area contributed by atoms with Crippen molar-refractivity contribution in [3.05, 3.63) is 87.5 Å². The second-order valence-electron chi connectivity index (χ2n) is 8.97. The third-order valence-electron chi connectivity index (χ3n) is 5.89. The number of carbonyl (C=O) groups is 2. The predicted molar refractivity (Wildman–Crippen MR) is 149 cm³/mol. The number of non-ortho nitro benzene ring substituents is 1. The topological polar surface area (TPSA) is 198 Å². The first-order valence-corrected chi connectivity index (χ1v) is 13.8. The lowest BCUT2D eigenvalue weighted by Crippen LogP contribution is -2.30. The Bertz CT molecular complexity index is 1730. The molecule has 3 aromatic rings. The van der Waals surface area contributed by atoms with Gasteiger partial charge in [0.25, 0.3) is 15.7 Å². The number of amides is 1. The van der Waals surface area contributed by atoms with Crippen LogP contribution in [-0.2, 0) is 48.5 Å². The number of fused-ring (bicyclic) bond motifs is 1. The average molecular weight is 634 g/mol. The molecule has 1 heterocycles. The molecule has 3 N–H and O–H groups in total. The van der Waals surface area contributed by atoms with E-state index in [1.54, 1.807) is 23.5 Å². The molecular weight excluding hydrogens is 612 g/mol. The molecule has 0 bridgehead atoms. The van der Waals surface area contributed by atoms with Crippen molar-refractivity contribution in [1.82, 2.24) is 0 Å². The lowest BCUT2D eigenvalue weighted by atomic mass is 9.79. The number of nitrogens with zero attached hydrogens (tertiary/aromatic N) is 2. The van der Waals surface area contributed by atoms with E-state index in [9.17, 15) is 46.3 Å². The van der Waals surface area contributed by atoms with Gasteiger partial charge in [0.15, 0.2) is 0 Å². The molecule has 13 nitrogen and oxygen atoms in total. The van der Waals surface area contributed by atoms with Crippen molar-refractivity contribution in [2.24, 2.45) is 0 Å². The monoisotopic (exact) mass is 634 g/mol. The molecule has 0 saturated heterocycles. The first-order valence-electron chi connectivity index (χ1n) is 12.3. The molecule has 1 aliphatic rings. The Hall–Kier alpha value is -4.99. The van der Waals surface area contributed by atoms with Crippen molar-refractivity contribution in [3.8, 4) is 6.07 Å². The molecule has 1 aliphatic heterocycles. The molecule has 18 heteroatoms. The van der Waals surface area contributed by atoms with Crippen molar-refractivity contribution in [1.29, 1.82) is 5.26 Å². The molecule has 0 saturated carbocycles. The van der Waals surface area contributed by atoms with Gasteiger partial charge >= 0.3 is 25.2 Å². The minimum atomic E-state index is -5.16. The predicted octanol–water partition coefficient (Wildman–Crippen LogP) is 2.58. The van der Waals surface area contributed by atoms with Gasteiger partial charge in [-0.15, -0.1) is 0 Å². The van der Waals surface area contributed by atoms with Gasteiger partial charge in [-0.25, -0.2) is 8.42 Å². The van der Waals surface area contributed by atoms with E-state index in [-0.39, 0.29) is 35.7 Å². The maximum atomic E-state index is 12.9. The normalized spacial score (nSPS) is 12.2. The van der Waals surface area contributed by atoms with Gasteiger partial charge < -0.3 is 19.7 Å². The number of carbonyl (C=O) groups excluding carboxylic acids is 2. The number of nitro benzene ring substituents is 1. The van der Waals surface area contributed by atoms with E-state index in [0.717, 1.165) is 25.3 Å². The Morgan fingerprint density at radius 2 is 1.86 bits per heavy atom. The Kier molecular flexibility index (Phi) is 10.7. The zero-order valence-electron chi connectivity index (χ0n) is 22.6. The number of methoxy groups -OCH3 is 1. The maximum Gasteiger partial charge on any atom is 0.491 e. The Balaban J connectivity index is 0.000000369. The molecule has 3 aromatic carbocycles. The van der Waals surface area contributed by atoms with E-state index in [1.807, 2.05) is 6.07 Å². The number of benzene rings is 3. The molecule has 0 unspecified atom stereocenters. The summed E-state index contributed by atoms with van der Waals surface area (Å²) in [4.78, 5) is 32.3. The second-order valence-corrected chi connectivity index (χ2v) is 10.6. The summed E-state index contributed by atoms with van der Waals surface area (Å²) >= 11 is 0. The molecule has 44 heavy (non-hydrogen) atoms. The Labute approximate surface area is 248 Å². The van der Waals surface area contributed by atoms with E-state index in [0.29, 0.717) is 16.6 Å². The summed E-state index contributed by atoms with van der Waals surface area (Å²) in [5.41, 5.74) is 1.29. The lowest BCUT2D eigenvalue weighted by molar-refractivity contribution is -0.384. The summed E-state index contributed by atoms with van der Waals surface area (Å²) < 4.78 is 75.3. The summed E-state index contributed by atoms with van der Waals surface area (Å²) in [6, 6.07) is 15.2. The molecule has 230 valence electrons. The number of nitro groups is 1. The molecule has 0 aromatic heterocycles. The molecule has 1 amide bonds. The van der Waals surface area contributed by atoms with Crippen molar-refractivity contribution >= 4 is 51.5 Å². The highest BCUT2D eigenvalue weighted by atomic mass is 32.2. The number of halogens is 3. The van der Waals surface area contributed by atoms with Gasteiger partial charge in [-0.05, 0) is 52.5 Å². The highest BCUT2D eigenvalue weighted by molar-refractivity contribution is 7.92. The summed E-state index contributed by atoms with van der Waals surface area (Å²) in [5.74, 6) is -3.10. The van der Waals surface area contributed by atoms with Gasteiger partial charge in [-0.1, -0.05) is 18.2 Å². The van der Waals surface area contributed by atoms with Crippen molar-refractivity contribution in [2.75, 3.05) is 17.1 Å². The highest BCUT2D eigenvalue weighted by Gasteiger charge is 2.39. The van der Waals surface area contributed by atoms with Gasteiger partial charge in [0.1, 0.15) is 0 Å². The first kappa shape index (κ1) is 33.5. The largest absolute Gasteiger partial charge is 0.491 e. The fraction of sp³-hybridized carbons (Fsp3) is 0.192. The number of nitriles is 1. The lowest BCUT2D eigenvalue weighted by Gasteiger charge is -2.15. The quantitative estimate of drug-likeness (QED) is 0.143. The van der Waals surface area contributed by atoms with Gasteiger partial charge in [0, 0.05) is 23.5 Å². The van der Waals surface area contributed by atoms with Gasteiger partial charge in [0.05, 0.1) is 42.4 Å². The third-order valence-corrected chi connectivity index (χ3v) is 7.37.